The van der Waals surface area contributed by atoms with Crippen LogP contribution in [0.5, 0.6) is 0 Å². The van der Waals surface area contributed by atoms with Crippen molar-refractivity contribution < 1.29 is 9.32 Å². The highest BCUT2D eigenvalue weighted by atomic mass is 79.9. The van der Waals surface area contributed by atoms with E-state index in [1.807, 2.05) is 30.3 Å². The Kier molecular flexibility index (Phi) is 4.39. The minimum atomic E-state index is -1.20. The van der Waals surface area contributed by atoms with Crippen molar-refractivity contribution in [2.24, 2.45) is 0 Å². The van der Waals surface area contributed by atoms with Crippen molar-refractivity contribution in [3.8, 4) is 0 Å². The number of benzene rings is 1. The average Bonchev–Trinajstić information content (AvgIpc) is 2.39. The summed E-state index contributed by atoms with van der Waals surface area (Å²) in [6.07, 6.45) is 4.68. The van der Waals surface area contributed by atoms with E-state index in [9.17, 15) is 9.32 Å². The van der Waals surface area contributed by atoms with Gasteiger partial charge in [-0.25, -0.2) is 0 Å². The smallest absolute Gasteiger partial charge is 0.123 e. The molecule has 2 atom stereocenters. The molecule has 2 nitrogen and oxygen atoms in total. The molecule has 0 bridgehead atoms. The molecule has 4 heteroatoms. The summed E-state index contributed by atoms with van der Waals surface area (Å²) in [7, 11) is -1.20. The first-order valence-corrected chi connectivity index (χ1v) is 8.08. The maximum atomic E-state index is 12.4. The summed E-state index contributed by atoms with van der Waals surface area (Å²) in [5.74, 6) is 0. The molecule has 0 aliphatic heterocycles. The molecule has 0 amide bonds. The highest BCUT2D eigenvalue weighted by Crippen LogP contribution is 2.37. The van der Waals surface area contributed by atoms with Crippen molar-refractivity contribution in [1.82, 2.24) is 0 Å². The molecule has 0 saturated heterocycles. The largest absolute Gasteiger partial charge is 0.388 e. The van der Waals surface area contributed by atoms with Crippen LogP contribution >= 0.6 is 15.9 Å². The monoisotopic (exact) mass is 316 g/mol. The SMILES string of the molecule is O=S(c1ccccc1)C(Br)C1(O)CCCCC1. The molecule has 2 rings (SSSR count). The number of rotatable bonds is 3. The van der Waals surface area contributed by atoms with Gasteiger partial charge in [-0.2, -0.15) is 0 Å². The van der Waals surface area contributed by atoms with Crippen LogP contribution in [-0.4, -0.2) is 19.1 Å². The molecule has 1 N–H and O–H groups in total. The number of hydrogen-bond donors (Lipinski definition) is 1. The molecule has 1 aliphatic carbocycles. The number of halogens is 1. The minimum absolute atomic E-state index is 0.377. The lowest BCUT2D eigenvalue weighted by molar-refractivity contribution is 0.0204. The van der Waals surface area contributed by atoms with Crippen molar-refractivity contribution in [2.45, 2.75) is 46.8 Å². The van der Waals surface area contributed by atoms with E-state index >= 15 is 0 Å². The van der Waals surface area contributed by atoms with Crippen molar-refractivity contribution in [1.29, 1.82) is 0 Å². The summed E-state index contributed by atoms with van der Waals surface area (Å²) >= 11 is 3.45. The van der Waals surface area contributed by atoms with Gasteiger partial charge in [-0.3, -0.25) is 4.21 Å². The molecule has 94 valence electrons. The highest BCUT2D eigenvalue weighted by Gasteiger charge is 2.40. The Morgan fingerprint density at radius 1 is 1.18 bits per heavy atom. The molecule has 1 aliphatic rings. The third-order valence-electron chi connectivity index (χ3n) is 3.31. The van der Waals surface area contributed by atoms with Gasteiger partial charge in [0.05, 0.1) is 16.4 Å². The van der Waals surface area contributed by atoms with Gasteiger partial charge < -0.3 is 5.11 Å². The molecule has 1 aromatic carbocycles. The summed E-state index contributed by atoms with van der Waals surface area (Å²) < 4.78 is 12.0. The predicted octanol–water partition coefficient (Wildman–Crippen LogP) is 3.21. The Hall–Kier alpha value is -0.190. The maximum absolute atomic E-state index is 12.4. The fourth-order valence-corrected chi connectivity index (χ4v) is 4.67. The minimum Gasteiger partial charge on any atom is -0.388 e. The van der Waals surface area contributed by atoms with Crippen molar-refractivity contribution >= 4 is 26.7 Å². The fraction of sp³-hybridized carbons (Fsp3) is 0.538. The third-order valence-corrected chi connectivity index (χ3v) is 6.73. The first-order chi connectivity index (χ1) is 8.13. The van der Waals surface area contributed by atoms with Crippen LogP contribution in [-0.2, 0) is 10.8 Å². The summed E-state index contributed by atoms with van der Waals surface area (Å²) in [6, 6.07) is 9.34. The molecular formula is C13H17BrO2S. The second-order valence-electron chi connectivity index (χ2n) is 4.59. The molecule has 1 saturated carbocycles. The van der Waals surface area contributed by atoms with Gasteiger partial charge in [0.15, 0.2) is 0 Å². The molecule has 2 unspecified atom stereocenters. The van der Waals surface area contributed by atoms with E-state index in [-0.39, 0.29) is 4.16 Å². The van der Waals surface area contributed by atoms with Crippen molar-refractivity contribution in [2.75, 3.05) is 0 Å². The van der Waals surface area contributed by atoms with E-state index in [0.717, 1.165) is 30.6 Å². The van der Waals surface area contributed by atoms with E-state index < -0.39 is 16.4 Å². The van der Waals surface area contributed by atoms with Crippen molar-refractivity contribution in [3.05, 3.63) is 30.3 Å². The highest BCUT2D eigenvalue weighted by molar-refractivity contribution is 9.11. The second-order valence-corrected chi connectivity index (χ2v) is 7.65. The van der Waals surface area contributed by atoms with Crippen LogP contribution in [0.15, 0.2) is 35.2 Å². The lowest BCUT2D eigenvalue weighted by atomic mass is 9.86. The van der Waals surface area contributed by atoms with Crippen LogP contribution in [0.1, 0.15) is 32.1 Å². The van der Waals surface area contributed by atoms with Gasteiger partial charge in [0.2, 0.25) is 0 Å². The first-order valence-electron chi connectivity index (χ1n) is 5.95. The standard InChI is InChI=1S/C13H17BrO2S/c14-12(13(15)9-5-2-6-10-13)17(16)11-7-3-1-4-8-11/h1,3-4,7-8,12,15H,2,5-6,9-10H2. The topological polar surface area (TPSA) is 37.3 Å². The lowest BCUT2D eigenvalue weighted by Crippen LogP contribution is -2.42. The van der Waals surface area contributed by atoms with Gasteiger partial charge in [0.25, 0.3) is 0 Å². The average molecular weight is 317 g/mol. The van der Waals surface area contributed by atoms with E-state index in [0.29, 0.717) is 0 Å². The van der Waals surface area contributed by atoms with Gasteiger partial charge in [0.1, 0.15) is 4.16 Å². The Bertz CT molecular complexity index is 388. The summed E-state index contributed by atoms with van der Waals surface area (Å²) in [5.41, 5.74) is -0.820. The lowest BCUT2D eigenvalue weighted by Gasteiger charge is -2.35. The Balaban J connectivity index is 2.14. The summed E-state index contributed by atoms with van der Waals surface area (Å²) in [4.78, 5) is 0.772. The molecule has 1 fully saturated rings. The molecule has 0 radical (unpaired) electrons. The third kappa shape index (κ3) is 2.98. The number of aliphatic hydroxyl groups is 1. The zero-order chi connectivity index (χ0) is 12.3. The van der Waals surface area contributed by atoms with Crippen LogP contribution in [0.25, 0.3) is 0 Å². The molecule has 0 aromatic heterocycles. The summed E-state index contributed by atoms with van der Waals surface area (Å²) in [5, 5.41) is 10.5. The molecular weight excluding hydrogens is 300 g/mol. The Labute approximate surface area is 113 Å². The normalized spacial score (nSPS) is 22.9. The van der Waals surface area contributed by atoms with Crippen LogP contribution < -0.4 is 0 Å². The molecule has 1 aromatic rings. The molecule has 0 heterocycles. The number of hydrogen-bond acceptors (Lipinski definition) is 2. The van der Waals surface area contributed by atoms with Gasteiger partial charge in [-0.1, -0.05) is 53.4 Å². The predicted molar refractivity (Wildman–Crippen MR) is 73.6 cm³/mol. The zero-order valence-electron chi connectivity index (χ0n) is 9.64. The quantitative estimate of drug-likeness (QED) is 0.869. The van der Waals surface area contributed by atoms with Crippen LogP contribution in [0.3, 0.4) is 0 Å². The van der Waals surface area contributed by atoms with E-state index in [1.54, 1.807) is 0 Å². The Morgan fingerprint density at radius 2 is 1.76 bits per heavy atom. The van der Waals surface area contributed by atoms with Crippen molar-refractivity contribution in [3.63, 3.8) is 0 Å². The van der Waals surface area contributed by atoms with E-state index in [1.165, 1.54) is 6.42 Å². The Morgan fingerprint density at radius 3 is 2.35 bits per heavy atom. The fourth-order valence-electron chi connectivity index (χ4n) is 2.26. The molecule has 0 spiro atoms. The van der Waals surface area contributed by atoms with Crippen LogP contribution in [0, 0.1) is 0 Å². The maximum Gasteiger partial charge on any atom is 0.123 e. The van der Waals surface area contributed by atoms with Crippen LogP contribution in [0.4, 0.5) is 0 Å². The van der Waals surface area contributed by atoms with Gasteiger partial charge in [0, 0.05) is 4.90 Å². The molecule has 17 heavy (non-hydrogen) atoms. The van der Waals surface area contributed by atoms with Gasteiger partial charge >= 0.3 is 0 Å². The van der Waals surface area contributed by atoms with Gasteiger partial charge in [-0.15, -0.1) is 0 Å². The number of alkyl halides is 1. The summed E-state index contributed by atoms with van der Waals surface area (Å²) in [6.45, 7) is 0. The zero-order valence-corrected chi connectivity index (χ0v) is 12.0. The second kappa shape index (κ2) is 5.63. The first kappa shape index (κ1) is 13.2. The van der Waals surface area contributed by atoms with E-state index in [4.69, 9.17) is 0 Å². The van der Waals surface area contributed by atoms with Crippen LogP contribution in [0.2, 0.25) is 0 Å². The van der Waals surface area contributed by atoms with E-state index in [2.05, 4.69) is 15.9 Å². The van der Waals surface area contributed by atoms with Gasteiger partial charge in [-0.05, 0) is 25.0 Å².